The molecule has 21 heavy (non-hydrogen) atoms. The van der Waals surface area contributed by atoms with Crippen molar-refractivity contribution < 1.29 is 5.11 Å². The average molecular weight is 285 g/mol. The summed E-state index contributed by atoms with van der Waals surface area (Å²) in [5.41, 5.74) is 3.16. The summed E-state index contributed by atoms with van der Waals surface area (Å²) in [4.78, 5) is 12.1. The van der Waals surface area contributed by atoms with Gasteiger partial charge in [0.1, 0.15) is 11.4 Å². The molecule has 1 aromatic carbocycles. The Kier molecular flexibility index (Phi) is 3.51. The van der Waals surface area contributed by atoms with Crippen molar-refractivity contribution in [1.82, 2.24) is 15.1 Å². The van der Waals surface area contributed by atoms with E-state index in [1.54, 1.807) is 0 Å². The fourth-order valence-electron chi connectivity index (χ4n) is 2.18. The van der Waals surface area contributed by atoms with Gasteiger partial charge in [0.15, 0.2) is 0 Å². The number of hydrogen-bond acceptors (Lipinski definition) is 4. The second-order valence-corrected chi connectivity index (χ2v) is 5.65. The zero-order chi connectivity index (χ0) is 15.0. The maximum absolute atomic E-state index is 12.1. The van der Waals surface area contributed by atoms with Gasteiger partial charge in [-0.3, -0.25) is 4.79 Å². The van der Waals surface area contributed by atoms with Gasteiger partial charge in [0.2, 0.25) is 0 Å². The maximum Gasteiger partial charge on any atom is 0.275 e. The fourth-order valence-corrected chi connectivity index (χ4v) is 2.18. The van der Waals surface area contributed by atoms with Crippen LogP contribution in [0.15, 0.2) is 29.1 Å². The molecule has 2 N–H and O–H groups in total. The van der Waals surface area contributed by atoms with Crippen LogP contribution in [-0.2, 0) is 6.54 Å². The Labute approximate surface area is 123 Å². The van der Waals surface area contributed by atoms with Crippen molar-refractivity contribution in [2.75, 3.05) is 0 Å². The van der Waals surface area contributed by atoms with Crippen LogP contribution in [0, 0.1) is 13.8 Å². The molecule has 0 bridgehead atoms. The molecular weight excluding hydrogens is 266 g/mol. The summed E-state index contributed by atoms with van der Waals surface area (Å²) < 4.78 is 1.34. The lowest BCUT2D eigenvalue weighted by Gasteiger charge is -2.10. The molecule has 2 aromatic rings. The molecule has 1 heterocycles. The molecule has 110 valence electrons. The molecule has 0 aliphatic heterocycles. The van der Waals surface area contributed by atoms with E-state index in [0.717, 1.165) is 24.1 Å². The van der Waals surface area contributed by atoms with E-state index in [-0.39, 0.29) is 11.3 Å². The number of benzene rings is 1. The number of nitrogens with one attached hydrogen (secondary N) is 1. The van der Waals surface area contributed by atoms with Gasteiger partial charge in [-0.15, -0.1) is 0 Å². The molecular formula is C16H19N3O2. The molecule has 3 rings (SSSR count). The Bertz CT molecular complexity index is 733. The van der Waals surface area contributed by atoms with Gasteiger partial charge in [-0.2, -0.15) is 9.78 Å². The molecule has 0 saturated heterocycles. The third-order valence-corrected chi connectivity index (χ3v) is 3.86. The van der Waals surface area contributed by atoms with Gasteiger partial charge in [0, 0.05) is 18.7 Å². The van der Waals surface area contributed by atoms with Crippen molar-refractivity contribution in [3.63, 3.8) is 0 Å². The van der Waals surface area contributed by atoms with Crippen LogP contribution in [0.2, 0.25) is 0 Å². The normalized spacial score (nSPS) is 14.4. The van der Waals surface area contributed by atoms with Crippen LogP contribution < -0.4 is 10.9 Å². The number of rotatable bonds is 4. The van der Waals surface area contributed by atoms with E-state index >= 15 is 0 Å². The number of aryl methyl sites for hydroxylation is 2. The van der Waals surface area contributed by atoms with E-state index < -0.39 is 0 Å². The third kappa shape index (κ3) is 2.97. The highest BCUT2D eigenvalue weighted by Crippen LogP contribution is 2.20. The van der Waals surface area contributed by atoms with Crippen LogP contribution in [0.3, 0.4) is 0 Å². The number of hydrogen-bond donors (Lipinski definition) is 2. The Morgan fingerprint density at radius 1 is 1.29 bits per heavy atom. The first-order valence-corrected chi connectivity index (χ1v) is 7.18. The quantitative estimate of drug-likeness (QED) is 0.899. The van der Waals surface area contributed by atoms with E-state index in [2.05, 4.69) is 10.4 Å². The molecule has 0 radical (unpaired) electrons. The van der Waals surface area contributed by atoms with Crippen LogP contribution in [0.1, 0.15) is 29.7 Å². The van der Waals surface area contributed by atoms with Gasteiger partial charge in [-0.05, 0) is 49.9 Å². The molecule has 0 spiro atoms. The summed E-state index contributed by atoms with van der Waals surface area (Å²) in [6.45, 7) is 4.50. The summed E-state index contributed by atoms with van der Waals surface area (Å²) in [6, 6.07) is 7.51. The highest BCUT2D eigenvalue weighted by molar-refractivity contribution is 5.39. The third-order valence-electron chi connectivity index (χ3n) is 3.86. The molecule has 1 aliphatic carbocycles. The van der Waals surface area contributed by atoms with Crippen molar-refractivity contribution >= 4 is 0 Å². The zero-order valence-electron chi connectivity index (χ0n) is 12.3. The van der Waals surface area contributed by atoms with Crippen LogP contribution >= 0.6 is 0 Å². The zero-order valence-corrected chi connectivity index (χ0v) is 12.3. The number of nitrogens with zero attached hydrogens (tertiary/aromatic N) is 2. The van der Waals surface area contributed by atoms with E-state index in [1.165, 1.54) is 16.3 Å². The molecule has 0 unspecified atom stereocenters. The second-order valence-electron chi connectivity index (χ2n) is 5.65. The van der Waals surface area contributed by atoms with Gasteiger partial charge in [0.05, 0.1) is 5.69 Å². The van der Waals surface area contributed by atoms with Crippen LogP contribution in [0.4, 0.5) is 0 Å². The lowest BCUT2D eigenvalue weighted by Crippen LogP contribution is -2.24. The predicted octanol–water partition coefficient (Wildman–Crippen LogP) is 1.81. The first kappa shape index (κ1) is 13.8. The average Bonchev–Trinajstić information content (AvgIpc) is 3.25. The summed E-state index contributed by atoms with van der Waals surface area (Å²) in [5, 5.41) is 17.5. The van der Waals surface area contributed by atoms with E-state index in [1.807, 2.05) is 32.0 Å². The van der Waals surface area contributed by atoms with Crippen LogP contribution in [0.5, 0.6) is 5.75 Å². The summed E-state index contributed by atoms with van der Waals surface area (Å²) in [6.07, 6.45) is 2.33. The lowest BCUT2D eigenvalue weighted by atomic mass is 10.1. The summed E-state index contributed by atoms with van der Waals surface area (Å²) in [5.74, 6) is -0.0479. The molecule has 1 fully saturated rings. The van der Waals surface area contributed by atoms with Gasteiger partial charge in [-0.25, -0.2) is 0 Å². The number of aromatic hydroxyl groups is 1. The Morgan fingerprint density at radius 2 is 2.05 bits per heavy atom. The van der Waals surface area contributed by atoms with Gasteiger partial charge < -0.3 is 10.4 Å². The lowest BCUT2D eigenvalue weighted by molar-refractivity contribution is 0.451. The smallest absolute Gasteiger partial charge is 0.275 e. The predicted molar refractivity (Wildman–Crippen MR) is 80.8 cm³/mol. The van der Waals surface area contributed by atoms with Crippen molar-refractivity contribution in [1.29, 1.82) is 0 Å². The van der Waals surface area contributed by atoms with Crippen molar-refractivity contribution in [2.45, 2.75) is 39.3 Å². The summed E-state index contributed by atoms with van der Waals surface area (Å²) in [7, 11) is 0. The molecule has 5 heteroatoms. The molecule has 1 aliphatic rings. The molecule has 0 atom stereocenters. The Morgan fingerprint density at radius 3 is 2.71 bits per heavy atom. The monoisotopic (exact) mass is 285 g/mol. The topological polar surface area (TPSA) is 67.2 Å². The first-order chi connectivity index (χ1) is 10.0. The SMILES string of the molecule is Cc1ccc(-n2nc(CNC3CC3)c(O)cc2=O)cc1C. The minimum absolute atomic E-state index is 0.0479. The minimum Gasteiger partial charge on any atom is -0.506 e. The Hall–Kier alpha value is -2.14. The molecule has 5 nitrogen and oxygen atoms in total. The molecule has 1 aromatic heterocycles. The van der Waals surface area contributed by atoms with Crippen LogP contribution in [-0.4, -0.2) is 20.9 Å². The maximum atomic E-state index is 12.1. The van der Waals surface area contributed by atoms with Gasteiger partial charge in [-0.1, -0.05) is 6.07 Å². The summed E-state index contributed by atoms with van der Waals surface area (Å²) >= 11 is 0. The first-order valence-electron chi connectivity index (χ1n) is 7.18. The van der Waals surface area contributed by atoms with E-state index in [0.29, 0.717) is 18.3 Å². The fraction of sp³-hybridized carbons (Fsp3) is 0.375. The van der Waals surface area contributed by atoms with Gasteiger partial charge >= 0.3 is 0 Å². The van der Waals surface area contributed by atoms with Crippen molar-refractivity contribution in [3.05, 3.63) is 51.4 Å². The Balaban J connectivity index is 1.97. The minimum atomic E-state index is -0.328. The van der Waals surface area contributed by atoms with Gasteiger partial charge in [0.25, 0.3) is 5.56 Å². The highest BCUT2D eigenvalue weighted by Gasteiger charge is 2.21. The molecule has 1 saturated carbocycles. The van der Waals surface area contributed by atoms with Crippen LogP contribution in [0.25, 0.3) is 5.69 Å². The molecule has 0 amide bonds. The van der Waals surface area contributed by atoms with Crippen molar-refractivity contribution in [3.8, 4) is 11.4 Å². The van der Waals surface area contributed by atoms with E-state index in [9.17, 15) is 9.90 Å². The largest absolute Gasteiger partial charge is 0.506 e. The van der Waals surface area contributed by atoms with Crippen molar-refractivity contribution in [2.24, 2.45) is 0 Å². The standard InChI is InChI=1S/C16H19N3O2/c1-10-3-6-13(7-11(10)2)19-16(21)8-15(20)14(18-19)9-17-12-4-5-12/h3,6-8,12,17,20H,4-5,9H2,1-2H3. The van der Waals surface area contributed by atoms with E-state index in [4.69, 9.17) is 0 Å². The number of aromatic nitrogens is 2. The second kappa shape index (κ2) is 5.33. The highest BCUT2D eigenvalue weighted by atomic mass is 16.3.